The van der Waals surface area contributed by atoms with Crippen LogP contribution in [0.25, 0.3) is 11.4 Å². The minimum atomic E-state index is 0.587. The van der Waals surface area contributed by atoms with Gasteiger partial charge in [0.25, 0.3) is 0 Å². The minimum absolute atomic E-state index is 0.587. The van der Waals surface area contributed by atoms with E-state index in [1.165, 1.54) is 0 Å². The Morgan fingerprint density at radius 2 is 2.00 bits per heavy atom. The van der Waals surface area contributed by atoms with Crippen LogP contribution in [0.1, 0.15) is 20.8 Å². The lowest BCUT2D eigenvalue weighted by Gasteiger charge is -2.05. The maximum atomic E-state index is 5.60. The van der Waals surface area contributed by atoms with Gasteiger partial charge in [-0.05, 0) is 27.0 Å². The zero-order chi connectivity index (χ0) is 13.8. The molecule has 0 amide bonds. The summed E-state index contributed by atoms with van der Waals surface area (Å²) in [6.07, 6.45) is 3.96. The largest absolute Gasteiger partial charge is 0.476 e. The zero-order valence-electron chi connectivity index (χ0n) is 11.8. The molecule has 0 unspecified atom stereocenters. The van der Waals surface area contributed by atoms with Gasteiger partial charge in [0.1, 0.15) is 5.56 Å². The molecule has 0 fully saturated rings. The molecule has 0 aromatic carbocycles. The molecule has 0 spiro atoms. The Morgan fingerprint density at radius 1 is 1.21 bits per heavy atom. The predicted molar refractivity (Wildman–Crippen MR) is 75.5 cm³/mol. The van der Waals surface area contributed by atoms with Crippen LogP contribution in [0.5, 0.6) is 5.88 Å². The average Bonchev–Trinajstić information content (AvgIpc) is 3.01. The van der Waals surface area contributed by atoms with Crippen LogP contribution >= 0.6 is 11.8 Å². The molecule has 6 nitrogen and oxygen atoms in total. The van der Waals surface area contributed by atoms with Crippen LogP contribution in [0, 0.1) is 0 Å². The second kappa shape index (κ2) is 6.10. The molecule has 0 radical (unpaired) electrons. The van der Waals surface area contributed by atoms with Gasteiger partial charge < -0.3 is 9.30 Å². The number of thioether (sulfide) groups is 1. The summed E-state index contributed by atoms with van der Waals surface area (Å²) in [4.78, 5) is 0. The molecule has 0 aliphatic heterocycles. The van der Waals surface area contributed by atoms with E-state index in [9.17, 15) is 0 Å². The first kappa shape index (κ1) is 13.9. The number of aromatic nitrogens is 5. The molecule has 104 valence electrons. The highest BCUT2D eigenvalue weighted by atomic mass is 32.2. The Balaban J connectivity index is 2.50. The molecule has 2 aromatic rings. The van der Waals surface area contributed by atoms with Crippen molar-refractivity contribution in [3.8, 4) is 17.3 Å². The number of nitrogens with zero attached hydrogens (tertiary/aromatic N) is 5. The highest BCUT2D eigenvalue weighted by Gasteiger charge is 2.19. The van der Waals surface area contributed by atoms with Gasteiger partial charge in [-0.2, -0.15) is 0 Å². The van der Waals surface area contributed by atoms with E-state index in [2.05, 4.69) is 26.8 Å². The summed E-state index contributed by atoms with van der Waals surface area (Å²) in [5.74, 6) is 1.44. The first-order valence-electron chi connectivity index (χ1n) is 6.42. The molecule has 2 heterocycles. The third kappa shape index (κ3) is 2.60. The standard InChI is InChI=1S/C12H19N5OS/c1-5-16-8-9(11(15-16)18-7-3)10-13-14-12(19-4)17(10)6-2/h8H,5-7H2,1-4H3. The van der Waals surface area contributed by atoms with Crippen molar-refractivity contribution >= 4 is 11.8 Å². The fourth-order valence-electron chi connectivity index (χ4n) is 1.89. The van der Waals surface area contributed by atoms with Gasteiger partial charge in [0.2, 0.25) is 5.88 Å². The second-order valence-electron chi connectivity index (χ2n) is 3.89. The maximum absolute atomic E-state index is 5.60. The number of hydrogen-bond acceptors (Lipinski definition) is 5. The second-order valence-corrected chi connectivity index (χ2v) is 4.66. The van der Waals surface area contributed by atoms with Gasteiger partial charge in [0.05, 0.1) is 6.61 Å². The molecule has 2 rings (SSSR count). The maximum Gasteiger partial charge on any atom is 0.243 e. The van der Waals surface area contributed by atoms with E-state index in [0.29, 0.717) is 12.5 Å². The summed E-state index contributed by atoms with van der Waals surface area (Å²) in [5, 5.41) is 13.8. The van der Waals surface area contributed by atoms with Gasteiger partial charge in [0, 0.05) is 19.3 Å². The summed E-state index contributed by atoms with van der Waals surface area (Å²) in [7, 11) is 0. The summed E-state index contributed by atoms with van der Waals surface area (Å²) in [6, 6.07) is 0. The molecule has 2 aromatic heterocycles. The van der Waals surface area contributed by atoms with Crippen molar-refractivity contribution in [3.05, 3.63) is 6.20 Å². The monoisotopic (exact) mass is 281 g/mol. The third-order valence-electron chi connectivity index (χ3n) is 2.79. The lowest BCUT2D eigenvalue weighted by molar-refractivity contribution is 0.322. The first-order valence-corrected chi connectivity index (χ1v) is 7.65. The number of aryl methyl sites for hydroxylation is 1. The van der Waals surface area contributed by atoms with Crippen molar-refractivity contribution < 1.29 is 4.74 Å². The molecule has 7 heteroatoms. The van der Waals surface area contributed by atoms with Crippen LogP contribution in [0.2, 0.25) is 0 Å². The smallest absolute Gasteiger partial charge is 0.243 e. The van der Waals surface area contributed by atoms with Gasteiger partial charge in [-0.3, -0.25) is 4.68 Å². The molecule has 0 aliphatic carbocycles. The normalized spacial score (nSPS) is 10.9. The van der Waals surface area contributed by atoms with Crippen molar-refractivity contribution in [2.75, 3.05) is 12.9 Å². The van der Waals surface area contributed by atoms with Crippen LogP contribution in [0.4, 0.5) is 0 Å². The highest BCUT2D eigenvalue weighted by molar-refractivity contribution is 7.98. The molecule has 0 atom stereocenters. The first-order chi connectivity index (χ1) is 9.24. The van der Waals surface area contributed by atoms with Gasteiger partial charge in [-0.1, -0.05) is 11.8 Å². The zero-order valence-corrected chi connectivity index (χ0v) is 12.6. The van der Waals surface area contributed by atoms with E-state index in [4.69, 9.17) is 4.74 Å². The minimum Gasteiger partial charge on any atom is -0.476 e. The van der Waals surface area contributed by atoms with Crippen molar-refractivity contribution in [2.45, 2.75) is 39.0 Å². The fraction of sp³-hybridized carbons (Fsp3) is 0.583. The molecule has 0 aliphatic rings. The van der Waals surface area contributed by atoms with Crippen LogP contribution < -0.4 is 4.74 Å². The molecular formula is C12H19N5OS. The van der Waals surface area contributed by atoms with Crippen LogP contribution in [-0.4, -0.2) is 37.4 Å². The number of rotatable bonds is 6. The Hall–Kier alpha value is -1.50. The van der Waals surface area contributed by atoms with Gasteiger partial charge >= 0.3 is 0 Å². The summed E-state index contributed by atoms with van der Waals surface area (Å²) in [6.45, 7) is 8.29. The Bertz CT molecular complexity index is 548. The SMILES string of the molecule is CCOc1nn(CC)cc1-c1nnc(SC)n1CC. The molecule has 0 saturated heterocycles. The fourth-order valence-corrected chi connectivity index (χ4v) is 2.44. The molecule has 0 saturated carbocycles. The van der Waals surface area contributed by atoms with Crippen LogP contribution in [0.15, 0.2) is 11.4 Å². The molecular weight excluding hydrogens is 262 g/mol. The Morgan fingerprint density at radius 3 is 2.58 bits per heavy atom. The predicted octanol–water partition coefficient (Wildman–Crippen LogP) is 2.30. The van der Waals surface area contributed by atoms with E-state index >= 15 is 0 Å². The summed E-state index contributed by atoms with van der Waals surface area (Å²) >= 11 is 1.59. The number of hydrogen-bond donors (Lipinski definition) is 0. The van der Waals surface area contributed by atoms with Crippen molar-refractivity contribution in [1.29, 1.82) is 0 Å². The van der Waals surface area contributed by atoms with Crippen LogP contribution in [0.3, 0.4) is 0 Å². The van der Waals surface area contributed by atoms with E-state index in [1.807, 2.05) is 31.0 Å². The quantitative estimate of drug-likeness (QED) is 0.760. The van der Waals surface area contributed by atoms with E-state index in [-0.39, 0.29) is 0 Å². The average molecular weight is 281 g/mol. The Kier molecular flexibility index (Phi) is 4.47. The van der Waals surface area contributed by atoms with Crippen molar-refractivity contribution in [1.82, 2.24) is 24.5 Å². The summed E-state index contributed by atoms with van der Waals surface area (Å²) in [5.41, 5.74) is 0.901. The Labute approximate surface area is 117 Å². The van der Waals surface area contributed by atoms with Crippen molar-refractivity contribution in [2.24, 2.45) is 0 Å². The van der Waals surface area contributed by atoms with Crippen LogP contribution in [-0.2, 0) is 13.1 Å². The number of ether oxygens (including phenoxy) is 1. The van der Waals surface area contributed by atoms with Crippen molar-refractivity contribution in [3.63, 3.8) is 0 Å². The molecule has 0 bridgehead atoms. The highest BCUT2D eigenvalue weighted by Crippen LogP contribution is 2.29. The van der Waals surface area contributed by atoms with E-state index in [0.717, 1.165) is 29.6 Å². The lowest BCUT2D eigenvalue weighted by atomic mass is 10.3. The third-order valence-corrected chi connectivity index (χ3v) is 3.46. The molecule has 0 N–H and O–H groups in total. The topological polar surface area (TPSA) is 57.8 Å². The molecule has 19 heavy (non-hydrogen) atoms. The van der Waals surface area contributed by atoms with E-state index < -0.39 is 0 Å². The van der Waals surface area contributed by atoms with Gasteiger partial charge in [0.15, 0.2) is 11.0 Å². The lowest BCUT2D eigenvalue weighted by Crippen LogP contribution is -2.00. The van der Waals surface area contributed by atoms with Gasteiger partial charge in [-0.25, -0.2) is 0 Å². The van der Waals surface area contributed by atoms with Gasteiger partial charge in [-0.15, -0.1) is 15.3 Å². The summed E-state index contributed by atoms with van der Waals surface area (Å²) < 4.78 is 9.52. The van der Waals surface area contributed by atoms with E-state index in [1.54, 1.807) is 11.8 Å².